The van der Waals surface area contributed by atoms with E-state index in [1.807, 2.05) is 11.0 Å². The van der Waals surface area contributed by atoms with Gasteiger partial charge in [0.05, 0.1) is 0 Å². The Morgan fingerprint density at radius 2 is 1.95 bits per heavy atom. The average Bonchev–Trinajstić information content (AvgIpc) is 2.26. The molecule has 1 unspecified atom stereocenters. The summed E-state index contributed by atoms with van der Waals surface area (Å²) in [4.78, 5) is 13.7. The molecular formula is C16H24N2O. The van der Waals surface area contributed by atoms with Crippen LogP contribution in [0, 0.1) is 0 Å². The predicted octanol–water partition coefficient (Wildman–Crippen LogP) is 3.16. The molecule has 1 heterocycles. The molecule has 2 amide bonds. The molecule has 0 saturated carbocycles. The van der Waals surface area contributed by atoms with Gasteiger partial charge in [-0.1, -0.05) is 44.2 Å². The van der Waals surface area contributed by atoms with Crippen LogP contribution in [0.25, 0.3) is 0 Å². The van der Waals surface area contributed by atoms with Crippen LogP contribution in [0.5, 0.6) is 0 Å². The second kappa shape index (κ2) is 5.64. The zero-order chi connectivity index (χ0) is 13.9. The number of hydrogen-bond donors (Lipinski definition) is 1. The third-order valence-corrected chi connectivity index (χ3v) is 3.88. The summed E-state index contributed by atoms with van der Waals surface area (Å²) < 4.78 is 0. The summed E-state index contributed by atoms with van der Waals surface area (Å²) in [5.41, 5.74) is 1.39. The summed E-state index contributed by atoms with van der Waals surface area (Å²) >= 11 is 0. The van der Waals surface area contributed by atoms with Crippen LogP contribution in [0.1, 0.15) is 39.2 Å². The molecule has 0 aliphatic carbocycles. The van der Waals surface area contributed by atoms with Crippen molar-refractivity contribution >= 4 is 6.03 Å². The molecule has 1 fully saturated rings. The van der Waals surface area contributed by atoms with Crippen molar-refractivity contribution < 1.29 is 4.79 Å². The van der Waals surface area contributed by atoms with E-state index in [-0.39, 0.29) is 17.5 Å². The number of amides is 2. The lowest BCUT2D eigenvalue weighted by Gasteiger charge is -2.34. The van der Waals surface area contributed by atoms with Crippen LogP contribution in [0.15, 0.2) is 30.3 Å². The van der Waals surface area contributed by atoms with Gasteiger partial charge >= 0.3 is 6.03 Å². The summed E-state index contributed by atoms with van der Waals surface area (Å²) in [5.74, 6) is 0. The summed E-state index contributed by atoms with van der Waals surface area (Å²) in [6.07, 6.45) is 2.08. The summed E-state index contributed by atoms with van der Waals surface area (Å²) in [5, 5.41) is 3.09. The van der Waals surface area contributed by atoms with E-state index in [0.717, 1.165) is 25.9 Å². The number of nitrogens with one attached hydrogen (secondary N) is 1. The quantitative estimate of drug-likeness (QED) is 0.886. The van der Waals surface area contributed by atoms with Crippen molar-refractivity contribution in [2.75, 3.05) is 13.1 Å². The highest BCUT2D eigenvalue weighted by Crippen LogP contribution is 2.28. The van der Waals surface area contributed by atoms with Crippen molar-refractivity contribution in [3.05, 3.63) is 35.9 Å². The van der Waals surface area contributed by atoms with Gasteiger partial charge in [-0.05, 0) is 30.7 Å². The van der Waals surface area contributed by atoms with Gasteiger partial charge < -0.3 is 10.2 Å². The average molecular weight is 260 g/mol. The molecule has 19 heavy (non-hydrogen) atoms. The Bertz CT molecular complexity index is 424. The molecule has 104 valence electrons. The SMILES string of the molecule is CC(CC(C)(C)c1ccccc1)NC(=O)N1CCC1. The Hall–Kier alpha value is -1.51. The minimum atomic E-state index is 0.0723. The lowest BCUT2D eigenvalue weighted by atomic mass is 9.79. The van der Waals surface area contributed by atoms with Crippen LogP contribution in [0.3, 0.4) is 0 Å². The fourth-order valence-corrected chi connectivity index (χ4v) is 2.65. The van der Waals surface area contributed by atoms with Gasteiger partial charge in [0.15, 0.2) is 0 Å². The highest BCUT2D eigenvalue weighted by Gasteiger charge is 2.26. The number of urea groups is 1. The van der Waals surface area contributed by atoms with Crippen LogP contribution >= 0.6 is 0 Å². The van der Waals surface area contributed by atoms with E-state index in [2.05, 4.69) is 50.4 Å². The topological polar surface area (TPSA) is 32.3 Å². The fraction of sp³-hybridized carbons (Fsp3) is 0.562. The molecule has 1 saturated heterocycles. The molecule has 0 aromatic heterocycles. The van der Waals surface area contributed by atoms with Crippen molar-refractivity contribution in [2.45, 2.75) is 45.1 Å². The molecule has 3 heteroatoms. The van der Waals surface area contributed by atoms with Gasteiger partial charge in [0.25, 0.3) is 0 Å². The summed E-state index contributed by atoms with van der Waals surface area (Å²) in [6, 6.07) is 10.8. The maximum atomic E-state index is 11.9. The van der Waals surface area contributed by atoms with E-state index in [9.17, 15) is 4.79 Å². The number of hydrogen-bond acceptors (Lipinski definition) is 1. The first-order valence-corrected chi connectivity index (χ1v) is 7.10. The second-order valence-corrected chi connectivity index (χ2v) is 6.15. The van der Waals surface area contributed by atoms with E-state index in [4.69, 9.17) is 0 Å². The van der Waals surface area contributed by atoms with Gasteiger partial charge in [-0.25, -0.2) is 4.79 Å². The number of nitrogens with zero attached hydrogens (tertiary/aromatic N) is 1. The molecule has 1 aliphatic rings. The first-order chi connectivity index (χ1) is 8.99. The molecule has 1 aromatic carbocycles. The zero-order valence-electron chi connectivity index (χ0n) is 12.1. The first kappa shape index (κ1) is 13.9. The molecule has 0 radical (unpaired) electrons. The van der Waals surface area contributed by atoms with E-state index in [0.29, 0.717) is 0 Å². The van der Waals surface area contributed by atoms with Gasteiger partial charge in [0, 0.05) is 19.1 Å². The van der Waals surface area contributed by atoms with Gasteiger partial charge in [-0.3, -0.25) is 0 Å². The van der Waals surface area contributed by atoms with Crippen LogP contribution in [0.2, 0.25) is 0 Å². The van der Waals surface area contributed by atoms with Crippen molar-refractivity contribution in [3.8, 4) is 0 Å². The molecule has 1 atom stereocenters. The molecular weight excluding hydrogens is 236 g/mol. The normalized spacial score (nSPS) is 16.7. The lowest BCUT2D eigenvalue weighted by Crippen LogP contribution is -2.50. The molecule has 2 rings (SSSR count). The number of carbonyl (C=O) groups is 1. The number of rotatable bonds is 4. The van der Waals surface area contributed by atoms with E-state index < -0.39 is 0 Å². The maximum Gasteiger partial charge on any atom is 0.317 e. The van der Waals surface area contributed by atoms with Crippen molar-refractivity contribution in [1.82, 2.24) is 10.2 Å². The molecule has 1 aliphatic heterocycles. The lowest BCUT2D eigenvalue weighted by molar-refractivity contribution is 0.163. The van der Waals surface area contributed by atoms with Crippen LogP contribution in [-0.2, 0) is 5.41 Å². The van der Waals surface area contributed by atoms with Crippen molar-refractivity contribution in [3.63, 3.8) is 0 Å². The Balaban J connectivity index is 1.90. The maximum absolute atomic E-state index is 11.9. The highest BCUT2D eigenvalue weighted by molar-refractivity contribution is 5.75. The zero-order valence-corrected chi connectivity index (χ0v) is 12.1. The molecule has 1 N–H and O–H groups in total. The predicted molar refractivity (Wildman–Crippen MR) is 78.3 cm³/mol. The Labute approximate surface area is 116 Å². The third-order valence-electron chi connectivity index (χ3n) is 3.88. The number of carbonyl (C=O) groups excluding carboxylic acids is 1. The monoisotopic (exact) mass is 260 g/mol. The molecule has 3 nitrogen and oxygen atoms in total. The second-order valence-electron chi connectivity index (χ2n) is 6.15. The van der Waals surface area contributed by atoms with E-state index in [1.165, 1.54) is 5.56 Å². The van der Waals surface area contributed by atoms with E-state index >= 15 is 0 Å². The molecule has 0 bridgehead atoms. The summed E-state index contributed by atoms with van der Waals surface area (Å²) in [6.45, 7) is 8.35. The van der Waals surface area contributed by atoms with Crippen LogP contribution in [0.4, 0.5) is 4.79 Å². The number of benzene rings is 1. The van der Waals surface area contributed by atoms with Gasteiger partial charge in [-0.15, -0.1) is 0 Å². The van der Waals surface area contributed by atoms with E-state index in [1.54, 1.807) is 0 Å². The minimum Gasteiger partial charge on any atom is -0.336 e. The van der Waals surface area contributed by atoms with Crippen molar-refractivity contribution in [2.24, 2.45) is 0 Å². The fourth-order valence-electron chi connectivity index (χ4n) is 2.65. The van der Waals surface area contributed by atoms with Gasteiger partial charge in [-0.2, -0.15) is 0 Å². The molecule has 0 spiro atoms. The Morgan fingerprint density at radius 1 is 1.32 bits per heavy atom. The standard InChI is InChI=1S/C16H24N2O/c1-13(17-15(19)18-10-7-11-18)12-16(2,3)14-8-5-4-6-9-14/h4-6,8-9,13H,7,10-12H2,1-3H3,(H,17,19). The van der Waals surface area contributed by atoms with Crippen LogP contribution < -0.4 is 5.32 Å². The third kappa shape index (κ3) is 3.49. The Morgan fingerprint density at radius 3 is 2.47 bits per heavy atom. The highest BCUT2D eigenvalue weighted by atomic mass is 16.2. The summed E-state index contributed by atoms with van der Waals surface area (Å²) in [7, 11) is 0. The van der Waals surface area contributed by atoms with Crippen molar-refractivity contribution in [1.29, 1.82) is 0 Å². The van der Waals surface area contributed by atoms with Gasteiger partial charge in [0.2, 0.25) is 0 Å². The Kier molecular flexibility index (Phi) is 4.13. The largest absolute Gasteiger partial charge is 0.336 e. The van der Waals surface area contributed by atoms with Gasteiger partial charge in [0.1, 0.15) is 0 Å². The smallest absolute Gasteiger partial charge is 0.317 e. The molecule has 1 aromatic rings. The van der Waals surface area contributed by atoms with Crippen LogP contribution in [-0.4, -0.2) is 30.1 Å². The number of likely N-dealkylation sites (tertiary alicyclic amines) is 1. The first-order valence-electron chi connectivity index (χ1n) is 7.10. The minimum absolute atomic E-state index is 0.0723.